The van der Waals surface area contributed by atoms with Crippen LogP contribution < -0.4 is 16.8 Å². The number of anilines is 2. The zero-order chi connectivity index (χ0) is 15.1. The van der Waals surface area contributed by atoms with E-state index in [-0.39, 0.29) is 16.9 Å². The van der Waals surface area contributed by atoms with Crippen LogP contribution in [0.1, 0.15) is 30.6 Å². The summed E-state index contributed by atoms with van der Waals surface area (Å²) >= 11 is 0. The number of amides is 1. The summed E-state index contributed by atoms with van der Waals surface area (Å²) in [5.41, 5.74) is 11.0. The molecule has 0 unspecified atom stereocenters. The molecule has 112 valence electrons. The Labute approximate surface area is 118 Å². The Bertz CT molecular complexity index is 464. The number of hydrogen-bond acceptors (Lipinski definition) is 4. The number of nitrogens with one attached hydrogen (secondary N) is 1. The average Bonchev–Trinajstić information content (AvgIpc) is 2.34. The van der Waals surface area contributed by atoms with Gasteiger partial charge in [-0.05, 0) is 24.5 Å². The second-order valence-electron chi connectivity index (χ2n) is 5.01. The fourth-order valence-electron chi connectivity index (χ4n) is 1.62. The zero-order valence-corrected chi connectivity index (χ0v) is 11.9. The first-order valence-corrected chi connectivity index (χ1v) is 6.62. The highest BCUT2D eigenvalue weighted by atomic mass is 19.1. The van der Waals surface area contributed by atoms with E-state index in [4.69, 9.17) is 16.2 Å². The second kappa shape index (κ2) is 7.69. The van der Waals surface area contributed by atoms with E-state index in [1.54, 1.807) is 0 Å². The lowest BCUT2D eigenvalue weighted by Crippen LogP contribution is -2.16. The Balaban J connectivity index is 2.47. The highest BCUT2D eigenvalue weighted by Crippen LogP contribution is 2.21. The summed E-state index contributed by atoms with van der Waals surface area (Å²) in [4.78, 5) is 11.1. The van der Waals surface area contributed by atoms with Gasteiger partial charge in [-0.3, -0.25) is 4.79 Å². The average molecular weight is 283 g/mol. The number of benzene rings is 1. The topological polar surface area (TPSA) is 90.4 Å². The number of primary amides is 1. The Morgan fingerprint density at radius 3 is 2.70 bits per heavy atom. The van der Waals surface area contributed by atoms with Gasteiger partial charge in [-0.25, -0.2) is 4.39 Å². The van der Waals surface area contributed by atoms with Gasteiger partial charge < -0.3 is 21.5 Å². The fourth-order valence-corrected chi connectivity index (χ4v) is 1.62. The molecule has 0 aliphatic carbocycles. The molecule has 0 heterocycles. The molecule has 0 aliphatic heterocycles. The monoisotopic (exact) mass is 283 g/mol. The third-order valence-electron chi connectivity index (χ3n) is 2.81. The van der Waals surface area contributed by atoms with Crippen LogP contribution in [-0.4, -0.2) is 25.7 Å². The molecule has 0 radical (unpaired) electrons. The van der Waals surface area contributed by atoms with Crippen molar-refractivity contribution in [3.63, 3.8) is 0 Å². The van der Waals surface area contributed by atoms with E-state index in [0.717, 1.165) is 12.5 Å². The molecule has 0 aliphatic rings. The highest BCUT2D eigenvalue weighted by molar-refractivity contribution is 5.99. The fraction of sp³-hybridized carbons (Fsp3) is 0.500. The van der Waals surface area contributed by atoms with Gasteiger partial charge in [0.05, 0.1) is 17.9 Å². The second-order valence-corrected chi connectivity index (χ2v) is 5.01. The quantitative estimate of drug-likeness (QED) is 0.502. The molecule has 5 N–H and O–H groups in total. The first-order chi connectivity index (χ1) is 9.41. The van der Waals surface area contributed by atoms with Gasteiger partial charge in [-0.15, -0.1) is 0 Å². The van der Waals surface area contributed by atoms with Crippen LogP contribution in [0.4, 0.5) is 15.8 Å². The van der Waals surface area contributed by atoms with E-state index in [2.05, 4.69) is 19.2 Å². The van der Waals surface area contributed by atoms with E-state index >= 15 is 0 Å². The maximum Gasteiger partial charge on any atom is 0.250 e. The standard InChI is InChI=1S/C14H22FN3O2/c1-9(2)3-5-20-6-4-18-13-7-10(14(17)19)12(16)8-11(13)15/h7-9,18H,3-6,16H2,1-2H3,(H2,17,19). The molecule has 1 amide bonds. The molecular formula is C14H22FN3O2. The molecule has 1 aromatic carbocycles. The van der Waals surface area contributed by atoms with Gasteiger partial charge >= 0.3 is 0 Å². The third kappa shape index (κ3) is 5.05. The molecule has 0 fully saturated rings. The van der Waals surface area contributed by atoms with Gasteiger partial charge in [0.15, 0.2) is 0 Å². The van der Waals surface area contributed by atoms with Crippen LogP contribution in [0.3, 0.4) is 0 Å². The van der Waals surface area contributed by atoms with Crippen molar-refractivity contribution in [2.45, 2.75) is 20.3 Å². The molecule has 20 heavy (non-hydrogen) atoms. The Hall–Kier alpha value is -1.82. The summed E-state index contributed by atoms with van der Waals surface area (Å²) in [6.07, 6.45) is 0.988. The van der Waals surface area contributed by atoms with Crippen LogP contribution in [-0.2, 0) is 4.74 Å². The summed E-state index contributed by atoms with van der Waals surface area (Å²) in [6, 6.07) is 2.41. The number of ether oxygens (including phenoxy) is 1. The zero-order valence-electron chi connectivity index (χ0n) is 11.9. The highest BCUT2D eigenvalue weighted by Gasteiger charge is 2.11. The van der Waals surface area contributed by atoms with Crippen molar-refractivity contribution in [2.75, 3.05) is 30.8 Å². The third-order valence-corrected chi connectivity index (χ3v) is 2.81. The van der Waals surface area contributed by atoms with Crippen molar-refractivity contribution in [1.82, 2.24) is 0 Å². The number of nitrogen functional groups attached to an aromatic ring is 1. The predicted molar refractivity (Wildman–Crippen MR) is 78.1 cm³/mol. The first kappa shape index (κ1) is 16.2. The molecule has 0 saturated carbocycles. The lowest BCUT2D eigenvalue weighted by atomic mass is 10.1. The Morgan fingerprint density at radius 2 is 2.10 bits per heavy atom. The molecule has 0 spiro atoms. The SMILES string of the molecule is CC(C)CCOCCNc1cc(C(N)=O)c(N)cc1F. The van der Waals surface area contributed by atoms with E-state index in [0.29, 0.717) is 25.7 Å². The van der Waals surface area contributed by atoms with Crippen molar-refractivity contribution >= 4 is 17.3 Å². The van der Waals surface area contributed by atoms with E-state index in [1.165, 1.54) is 6.07 Å². The van der Waals surface area contributed by atoms with Crippen LogP contribution in [0.15, 0.2) is 12.1 Å². The number of nitrogens with two attached hydrogens (primary N) is 2. The van der Waals surface area contributed by atoms with Crippen LogP contribution in [0.5, 0.6) is 0 Å². The largest absolute Gasteiger partial charge is 0.398 e. The van der Waals surface area contributed by atoms with Crippen molar-refractivity contribution in [1.29, 1.82) is 0 Å². The minimum Gasteiger partial charge on any atom is -0.398 e. The van der Waals surface area contributed by atoms with Crippen LogP contribution in [0, 0.1) is 11.7 Å². The minimum atomic E-state index is -0.682. The van der Waals surface area contributed by atoms with Gasteiger partial charge in [0.25, 0.3) is 5.91 Å². The molecule has 0 bridgehead atoms. The molecule has 0 aromatic heterocycles. The Morgan fingerprint density at radius 1 is 1.40 bits per heavy atom. The van der Waals surface area contributed by atoms with Gasteiger partial charge in [0.1, 0.15) is 5.82 Å². The molecule has 5 nitrogen and oxygen atoms in total. The van der Waals surface area contributed by atoms with Crippen LogP contribution in [0.25, 0.3) is 0 Å². The van der Waals surface area contributed by atoms with Crippen molar-refractivity contribution in [2.24, 2.45) is 11.7 Å². The lowest BCUT2D eigenvalue weighted by molar-refractivity contribution is 0.100. The summed E-state index contributed by atoms with van der Waals surface area (Å²) < 4.78 is 19.0. The summed E-state index contributed by atoms with van der Waals surface area (Å²) in [7, 11) is 0. The minimum absolute atomic E-state index is 0.0359. The molecule has 6 heteroatoms. The van der Waals surface area contributed by atoms with Crippen molar-refractivity contribution in [3.8, 4) is 0 Å². The summed E-state index contributed by atoms with van der Waals surface area (Å²) in [5.74, 6) is -0.607. The van der Waals surface area contributed by atoms with Crippen molar-refractivity contribution in [3.05, 3.63) is 23.5 Å². The van der Waals surface area contributed by atoms with E-state index < -0.39 is 11.7 Å². The van der Waals surface area contributed by atoms with E-state index in [1.807, 2.05) is 0 Å². The van der Waals surface area contributed by atoms with Gasteiger partial charge in [0, 0.05) is 18.8 Å². The molecule has 1 rings (SSSR count). The van der Waals surface area contributed by atoms with Crippen molar-refractivity contribution < 1.29 is 13.9 Å². The number of rotatable bonds is 8. The van der Waals surface area contributed by atoms with Crippen LogP contribution in [0.2, 0.25) is 0 Å². The van der Waals surface area contributed by atoms with Gasteiger partial charge in [-0.1, -0.05) is 13.8 Å². The molecular weight excluding hydrogens is 261 g/mol. The molecule has 0 atom stereocenters. The first-order valence-electron chi connectivity index (χ1n) is 6.62. The number of halogens is 1. The number of carbonyl (C=O) groups is 1. The summed E-state index contributed by atoms with van der Waals surface area (Å²) in [5, 5.41) is 2.86. The Kier molecular flexibility index (Phi) is 6.24. The van der Waals surface area contributed by atoms with Crippen LogP contribution >= 0.6 is 0 Å². The molecule has 0 saturated heterocycles. The van der Waals surface area contributed by atoms with Gasteiger partial charge in [-0.2, -0.15) is 0 Å². The number of hydrogen-bond donors (Lipinski definition) is 3. The smallest absolute Gasteiger partial charge is 0.250 e. The predicted octanol–water partition coefficient (Wildman–Crippen LogP) is 1.98. The maximum atomic E-state index is 13.6. The summed E-state index contributed by atoms with van der Waals surface area (Å²) in [6.45, 7) is 5.82. The maximum absolute atomic E-state index is 13.6. The number of carbonyl (C=O) groups excluding carboxylic acids is 1. The van der Waals surface area contributed by atoms with E-state index in [9.17, 15) is 9.18 Å². The molecule has 1 aromatic rings. The lowest BCUT2D eigenvalue weighted by Gasteiger charge is -2.11. The normalized spacial score (nSPS) is 10.8. The van der Waals surface area contributed by atoms with Gasteiger partial charge in [0.2, 0.25) is 0 Å².